The van der Waals surface area contributed by atoms with Crippen molar-refractivity contribution in [2.45, 2.75) is 200 Å². The van der Waals surface area contributed by atoms with Gasteiger partial charge in [0.25, 0.3) is 5.92 Å². The molecule has 0 saturated heterocycles. The van der Waals surface area contributed by atoms with Gasteiger partial charge in [0.05, 0.1) is 0 Å². The quantitative estimate of drug-likeness (QED) is 0.177. The van der Waals surface area contributed by atoms with Gasteiger partial charge in [0.1, 0.15) is 26.2 Å². The van der Waals surface area contributed by atoms with Crippen molar-refractivity contribution in [2.24, 2.45) is 0 Å². The summed E-state index contributed by atoms with van der Waals surface area (Å²) in [6.45, 7) is -9.12. The van der Waals surface area contributed by atoms with Crippen molar-refractivity contribution in [3.63, 3.8) is 0 Å². The predicted molar refractivity (Wildman–Crippen MR) is 217 cm³/mol. The van der Waals surface area contributed by atoms with Gasteiger partial charge >= 0.3 is 61.5 Å². The maximum atomic E-state index is 12.2. The second kappa shape index (κ2) is 55.4. The van der Waals surface area contributed by atoms with Gasteiger partial charge in [0.2, 0.25) is 6.93 Å². The Hall–Kier alpha value is -2.38. The molecule has 0 heterocycles. The average molecular weight is 1170 g/mol. The van der Waals surface area contributed by atoms with Crippen molar-refractivity contribution < 1.29 is 166 Å². The summed E-state index contributed by atoms with van der Waals surface area (Å²) in [5.41, 5.74) is 0. The van der Waals surface area contributed by atoms with E-state index in [4.69, 9.17) is 15.3 Å². The van der Waals surface area contributed by atoms with Crippen LogP contribution in [0.4, 0.5) is 132 Å². The number of hydrogen-bond acceptors (Lipinski definition) is 7. The minimum Gasteiger partial charge on any atom is -0.387 e. The average Bonchev–Trinajstić information content (AvgIpc) is 2.89. The van der Waals surface area contributed by atoms with Crippen molar-refractivity contribution in [3.05, 3.63) is 0 Å². The molecule has 0 atom stereocenters. The predicted octanol–water partition coefficient (Wildman–Crippen LogP) is 19.7. The van der Waals surface area contributed by atoms with Gasteiger partial charge in [-0.2, -0.15) is 92.2 Å². The maximum Gasteiger partial charge on any atom is 0.527 e. The zero-order valence-corrected chi connectivity index (χ0v) is 25.1. The summed E-state index contributed by atoms with van der Waals surface area (Å²) in [4.78, 5) is 2.00. The van der Waals surface area contributed by atoms with Gasteiger partial charge in [0.15, 0.2) is 6.67 Å². The highest BCUT2D eigenvalue weighted by atomic mass is 19.4. The summed E-state index contributed by atoms with van der Waals surface area (Å²) in [6.07, 6.45) is -58.2. The normalized spacial score (nSPS) is 10.6. The Balaban J connectivity index is -0.0000000204. The van der Waals surface area contributed by atoms with Crippen molar-refractivity contribution in [1.82, 2.24) is 0 Å². The summed E-state index contributed by atoms with van der Waals surface area (Å²) >= 11 is 0. The topological polar surface area (TPSA) is 97.6 Å². The molecule has 0 rings (SSSR count). The second-order valence-electron chi connectivity index (χ2n) is 7.98. The van der Waals surface area contributed by atoms with E-state index < -0.39 is 107 Å². The third-order valence-corrected chi connectivity index (χ3v) is 2.77. The lowest BCUT2D eigenvalue weighted by molar-refractivity contribution is -0.530. The van der Waals surface area contributed by atoms with E-state index in [1.54, 1.807) is 4.74 Å². The molecule has 37 heteroatoms. The van der Waals surface area contributed by atoms with Gasteiger partial charge < -0.3 is 15.3 Å². The molecule has 0 radical (unpaired) electrons. The van der Waals surface area contributed by atoms with Crippen LogP contribution in [-0.4, -0.2) is 116 Å². The lowest BCUT2D eigenvalue weighted by atomic mass is 10.4. The largest absolute Gasteiger partial charge is 0.527 e. The highest BCUT2D eigenvalue weighted by Crippen LogP contribution is 2.43. The maximum absolute atomic E-state index is 12.2. The van der Waals surface area contributed by atoms with Crippen LogP contribution < -0.4 is 0 Å². The molecule has 0 aromatic carbocycles. The van der Waals surface area contributed by atoms with E-state index in [0.29, 0.717) is 6.92 Å². The third kappa shape index (κ3) is 97.6. The Kier molecular flexibility index (Phi) is 113. The smallest absolute Gasteiger partial charge is 0.387 e. The monoisotopic (exact) mass is 1170 g/mol. The van der Waals surface area contributed by atoms with Crippen LogP contribution in [-0.2, 0) is 19.2 Å². The second-order valence-corrected chi connectivity index (χ2v) is 7.98. The van der Waals surface area contributed by atoms with Crippen LogP contribution in [0.25, 0.3) is 0 Å². The fraction of sp³-hybridized carbons (Fsp3) is 1.00. The third-order valence-electron chi connectivity index (χ3n) is 2.77. The lowest BCUT2D eigenvalue weighted by Crippen LogP contribution is -2.51. The van der Waals surface area contributed by atoms with Crippen molar-refractivity contribution in [2.75, 3.05) is 33.4 Å². The molecule has 470 valence electrons. The first kappa shape index (κ1) is 144. The number of halogens is 30. The van der Waals surface area contributed by atoms with E-state index in [2.05, 4.69) is 9.47 Å². The van der Waals surface area contributed by atoms with Gasteiger partial charge in [-0.25, -0.2) is 36.2 Å². The molecule has 0 saturated carbocycles. The molecule has 0 aliphatic heterocycles. The first-order chi connectivity index (χ1) is 23.5. The summed E-state index contributed by atoms with van der Waals surface area (Å²) < 4.78 is 342. The minimum absolute atomic E-state index is 0. The first-order valence-electron chi connectivity index (χ1n) is 11.4. The summed E-state index contributed by atoms with van der Waals surface area (Å²) in [5, 5.41) is 22.9. The number of ether oxygens (including phenoxy) is 3. The van der Waals surface area contributed by atoms with Gasteiger partial charge in [-0.05, 0) is 4.53 Å². The molecule has 0 unspecified atom stereocenters. The zero-order chi connectivity index (χ0) is 46.6. The van der Waals surface area contributed by atoms with Crippen LogP contribution in [0.1, 0.15) is 132 Å². The number of aliphatic hydroxyl groups is 3. The van der Waals surface area contributed by atoms with Crippen molar-refractivity contribution in [3.8, 4) is 0 Å². The SMILES string of the molecule is C.C.C.C.C.C.C.C.C.C.C.C.C.C.C.C.CC(F)(F)CF.FC(F)(F)CC(F)(F)F.FCF.OCC(F)(F)OC(F)(F)C(F)(F)F.OCC(F)(F)OC(F)(F)C(F)(F)OC(F)(F)F.OCC(F)(F)OF. The van der Waals surface area contributed by atoms with E-state index in [0.717, 1.165) is 0 Å². The van der Waals surface area contributed by atoms with Gasteiger partial charge in [-0.15, -0.1) is 18.1 Å². The van der Waals surface area contributed by atoms with E-state index in [-0.39, 0.29) is 119 Å². The van der Waals surface area contributed by atoms with Gasteiger partial charge in [0, 0.05) is 6.92 Å². The Morgan fingerprint density at radius 3 is 0.620 bits per heavy atom. The highest BCUT2D eigenvalue weighted by Gasteiger charge is 2.68. The van der Waals surface area contributed by atoms with Crippen LogP contribution in [0.2, 0.25) is 0 Å². The molecule has 0 aliphatic rings. The summed E-state index contributed by atoms with van der Waals surface area (Å²) in [5.74, 6) is -3.12. The van der Waals surface area contributed by atoms with E-state index >= 15 is 0 Å². The number of alkyl halides is 29. The molecule has 0 aromatic heterocycles. The Morgan fingerprint density at radius 1 is 0.338 bits per heavy atom. The summed E-state index contributed by atoms with van der Waals surface area (Å²) in [7, 11) is 0. The molecule has 3 N–H and O–H groups in total. The van der Waals surface area contributed by atoms with E-state index in [9.17, 15) is 132 Å². The zero-order valence-electron chi connectivity index (χ0n) is 25.1. The van der Waals surface area contributed by atoms with Gasteiger partial charge in [-0.3, -0.25) is 0 Å². The Labute approximate surface area is 400 Å². The van der Waals surface area contributed by atoms with E-state index in [1.807, 2.05) is 4.94 Å². The standard InChI is InChI=1S/C5H3F9O3.C4H3F7O2.C3H2F6.C3H5F3.C2H3F3O2.CH2F2.16CH4/c6-2(7,1-15)16-3(8,9)4(10,11)17-5(12,13)14;5-2(6,1-12)13-4(10,11)3(7,8)9;4-2(5,6)1-3(7,8)9;1-3(5,6)2-4;3-2(4,1-6)7-5;2-1-3;;;;;;;;;;;;;;;;/h15H,1H2;12H,1H2;1H2;2H2,1H3;6H,1H2;1H2;16*1H4. The summed E-state index contributed by atoms with van der Waals surface area (Å²) in [6, 6.07) is 0. The minimum atomic E-state index is -6.39. The number of aliphatic hydroxyl groups excluding tert-OH is 3. The van der Waals surface area contributed by atoms with Crippen molar-refractivity contribution >= 4 is 0 Å². The fourth-order valence-electron chi connectivity index (χ4n) is 1.01. The Bertz CT molecular complexity index is 957. The van der Waals surface area contributed by atoms with Crippen LogP contribution in [0.5, 0.6) is 0 Å². The molecule has 71 heavy (non-hydrogen) atoms. The molecule has 0 aliphatic carbocycles. The van der Waals surface area contributed by atoms with Crippen LogP contribution >= 0.6 is 0 Å². The van der Waals surface area contributed by atoms with Gasteiger partial charge in [-0.1, -0.05) is 119 Å². The lowest BCUT2D eigenvalue weighted by Gasteiger charge is -2.28. The van der Waals surface area contributed by atoms with Crippen LogP contribution in [0.3, 0.4) is 0 Å². The fourth-order valence-corrected chi connectivity index (χ4v) is 1.01. The molecular weight excluding hydrogens is 1090 g/mol. The number of hydrogen-bond donors (Lipinski definition) is 3. The van der Waals surface area contributed by atoms with Crippen LogP contribution in [0.15, 0.2) is 0 Å². The molecular formula is C34H82F30O7. The van der Waals surface area contributed by atoms with E-state index in [1.165, 1.54) is 0 Å². The molecule has 0 amide bonds. The molecule has 0 bridgehead atoms. The molecule has 0 aromatic rings. The van der Waals surface area contributed by atoms with Crippen LogP contribution in [0, 0.1) is 0 Å². The first-order valence-corrected chi connectivity index (χ1v) is 11.4. The van der Waals surface area contributed by atoms with Crippen molar-refractivity contribution in [1.29, 1.82) is 0 Å². The molecule has 7 nitrogen and oxygen atoms in total. The highest BCUT2D eigenvalue weighted by molar-refractivity contribution is 4.70. The molecule has 0 spiro atoms. The number of rotatable bonds is 11. The Morgan fingerprint density at radius 2 is 0.521 bits per heavy atom. The molecule has 0 fully saturated rings.